The Hall–Kier alpha value is -2.06. The quantitative estimate of drug-likeness (QED) is 0.714. The molecule has 1 aliphatic heterocycles. The van der Waals surface area contributed by atoms with Crippen molar-refractivity contribution in [3.8, 4) is 0 Å². The Bertz CT molecular complexity index is 806. The molecule has 138 valence electrons. The molecular formula is C16H13Cl2F3N4O. The predicted octanol–water partition coefficient (Wildman–Crippen LogP) is 3.76. The lowest BCUT2D eigenvalue weighted by Gasteiger charge is -2.35. The van der Waals surface area contributed by atoms with Gasteiger partial charge in [-0.15, -0.1) is 0 Å². The molecule has 2 aromatic rings. The highest BCUT2D eigenvalue weighted by molar-refractivity contribution is 6.34. The second-order valence-corrected chi connectivity index (χ2v) is 6.44. The minimum atomic E-state index is -4.42. The molecule has 0 aliphatic carbocycles. The second-order valence-electron chi connectivity index (χ2n) is 5.65. The van der Waals surface area contributed by atoms with Crippen LogP contribution < -0.4 is 4.90 Å². The Kier molecular flexibility index (Phi) is 5.24. The van der Waals surface area contributed by atoms with Crippen molar-refractivity contribution in [3.63, 3.8) is 0 Å². The van der Waals surface area contributed by atoms with E-state index >= 15 is 0 Å². The molecule has 0 spiro atoms. The van der Waals surface area contributed by atoms with E-state index in [1.807, 2.05) is 4.90 Å². The first kappa shape index (κ1) is 18.7. The van der Waals surface area contributed by atoms with Gasteiger partial charge in [0.15, 0.2) is 0 Å². The van der Waals surface area contributed by atoms with Crippen molar-refractivity contribution < 1.29 is 18.0 Å². The summed E-state index contributed by atoms with van der Waals surface area (Å²) in [5.41, 5.74) is -0.711. The number of rotatable bonds is 2. The fraction of sp³-hybridized carbons (Fsp3) is 0.312. The topological polar surface area (TPSA) is 49.3 Å². The van der Waals surface area contributed by atoms with Crippen molar-refractivity contribution in [1.29, 1.82) is 0 Å². The van der Waals surface area contributed by atoms with E-state index in [-0.39, 0.29) is 21.8 Å². The maximum atomic E-state index is 12.6. The van der Waals surface area contributed by atoms with E-state index in [0.29, 0.717) is 32.0 Å². The molecule has 1 aliphatic rings. The summed E-state index contributed by atoms with van der Waals surface area (Å²) in [6.07, 6.45) is -3.61. The summed E-state index contributed by atoms with van der Waals surface area (Å²) in [6.45, 7) is 1.60. The molecule has 0 aromatic carbocycles. The van der Waals surface area contributed by atoms with Crippen LogP contribution in [0.25, 0.3) is 0 Å². The number of carbonyl (C=O) groups is 1. The smallest absolute Gasteiger partial charge is 0.353 e. The van der Waals surface area contributed by atoms with Crippen LogP contribution in [0.2, 0.25) is 10.2 Å². The first-order valence-electron chi connectivity index (χ1n) is 7.65. The highest BCUT2D eigenvalue weighted by atomic mass is 35.5. The fourth-order valence-electron chi connectivity index (χ4n) is 2.60. The first-order valence-corrected chi connectivity index (χ1v) is 8.41. The molecule has 5 nitrogen and oxygen atoms in total. The number of halogens is 5. The summed E-state index contributed by atoms with van der Waals surface area (Å²) < 4.78 is 37.8. The number of nitrogens with zero attached hydrogens (tertiary/aromatic N) is 4. The molecule has 1 fully saturated rings. The summed E-state index contributed by atoms with van der Waals surface area (Å²) >= 11 is 11.8. The molecule has 0 saturated carbocycles. The van der Waals surface area contributed by atoms with Crippen LogP contribution in [-0.2, 0) is 6.18 Å². The third-order valence-electron chi connectivity index (χ3n) is 3.98. The molecule has 0 unspecified atom stereocenters. The van der Waals surface area contributed by atoms with Gasteiger partial charge in [-0.2, -0.15) is 13.2 Å². The average Bonchev–Trinajstić information content (AvgIpc) is 2.63. The second kappa shape index (κ2) is 7.28. The fourth-order valence-corrected chi connectivity index (χ4v) is 2.93. The third-order valence-corrected chi connectivity index (χ3v) is 4.50. The summed E-state index contributed by atoms with van der Waals surface area (Å²) in [7, 11) is 0. The van der Waals surface area contributed by atoms with Crippen LogP contribution in [0.5, 0.6) is 0 Å². The van der Waals surface area contributed by atoms with Crippen molar-refractivity contribution in [2.45, 2.75) is 6.18 Å². The lowest BCUT2D eigenvalue weighted by atomic mass is 10.2. The third kappa shape index (κ3) is 4.02. The van der Waals surface area contributed by atoms with Crippen LogP contribution in [-0.4, -0.2) is 47.0 Å². The van der Waals surface area contributed by atoms with Gasteiger partial charge in [-0.1, -0.05) is 23.2 Å². The Morgan fingerprint density at radius 2 is 1.73 bits per heavy atom. The zero-order valence-electron chi connectivity index (χ0n) is 13.3. The number of hydrogen-bond acceptors (Lipinski definition) is 4. The monoisotopic (exact) mass is 404 g/mol. The van der Waals surface area contributed by atoms with Crippen molar-refractivity contribution in [3.05, 3.63) is 51.9 Å². The Balaban J connectivity index is 1.65. The van der Waals surface area contributed by atoms with Crippen molar-refractivity contribution in [2.24, 2.45) is 0 Å². The van der Waals surface area contributed by atoms with Gasteiger partial charge in [0.1, 0.15) is 16.7 Å². The van der Waals surface area contributed by atoms with Gasteiger partial charge in [0.25, 0.3) is 5.91 Å². The number of piperazine rings is 1. The van der Waals surface area contributed by atoms with Crippen LogP contribution in [0.4, 0.5) is 19.0 Å². The summed E-state index contributed by atoms with van der Waals surface area (Å²) in [5.74, 6) is 0.0986. The molecule has 3 rings (SSSR count). The van der Waals surface area contributed by atoms with Gasteiger partial charge in [-0.05, 0) is 24.3 Å². The number of anilines is 1. The number of carbonyl (C=O) groups excluding carboxylic acids is 1. The van der Waals surface area contributed by atoms with Crippen LogP contribution in [0.1, 0.15) is 16.1 Å². The molecule has 1 amide bonds. The number of aromatic nitrogens is 2. The molecule has 26 heavy (non-hydrogen) atoms. The maximum Gasteiger partial charge on any atom is 0.417 e. The van der Waals surface area contributed by atoms with Crippen LogP contribution >= 0.6 is 23.2 Å². The van der Waals surface area contributed by atoms with Crippen molar-refractivity contribution in [2.75, 3.05) is 31.1 Å². The van der Waals surface area contributed by atoms with Gasteiger partial charge in [0, 0.05) is 32.4 Å². The molecule has 1 saturated heterocycles. The maximum absolute atomic E-state index is 12.6. The predicted molar refractivity (Wildman–Crippen MR) is 91.6 cm³/mol. The van der Waals surface area contributed by atoms with E-state index in [4.69, 9.17) is 23.2 Å². The standard InChI is InChI=1S/C16H13Cl2F3N4O/c17-11-2-3-12(18)23-14(11)15(26)25-7-5-24(6-8-25)13-4-1-10(9-22-13)16(19,20)21/h1-4,9H,5-8H2. The van der Waals surface area contributed by atoms with Gasteiger partial charge in [-0.3, -0.25) is 4.79 Å². The van der Waals surface area contributed by atoms with Crippen LogP contribution in [0.3, 0.4) is 0 Å². The summed E-state index contributed by atoms with van der Waals surface area (Å²) in [5, 5.41) is 0.386. The number of alkyl halides is 3. The minimum Gasteiger partial charge on any atom is -0.353 e. The molecule has 0 N–H and O–H groups in total. The van der Waals surface area contributed by atoms with E-state index in [9.17, 15) is 18.0 Å². The molecular weight excluding hydrogens is 392 g/mol. The van der Waals surface area contributed by atoms with E-state index in [0.717, 1.165) is 12.3 Å². The summed E-state index contributed by atoms with van der Waals surface area (Å²) in [6, 6.07) is 5.33. The van der Waals surface area contributed by atoms with E-state index in [1.54, 1.807) is 4.90 Å². The first-order chi connectivity index (χ1) is 12.3. The highest BCUT2D eigenvalue weighted by Crippen LogP contribution is 2.29. The molecule has 0 bridgehead atoms. The van der Waals surface area contributed by atoms with E-state index in [1.165, 1.54) is 18.2 Å². The zero-order valence-corrected chi connectivity index (χ0v) is 14.8. The van der Waals surface area contributed by atoms with Crippen LogP contribution in [0, 0.1) is 0 Å². The SMILES string of the molecule is O=C(c1nc(Cl)ccc1Cl)N1CCN(c2ccc(C(F)(F)F)cn2)CC1. The summed E-state index contributed by atoms with van der Waals surface area (Å²) in [4.78, 5) is 23.8. The van der Waals surface area contributed by atoms with Crippen molar-refractivity contribution in [1.82, 2.24) is 14.9 Å². The highest BCUT2D eigenvalue weighted by Gasteiger charge is 2.31. The normalized spacial score (nSPS) is 15.3. The van der Waals surface area contributed by atoms with E-state index < -0.39 is 11.7 Å². The largest absolute Gasteiger partial charge is 0.417 e. The Morgan fingerprint density at radius 3 is 2.31 bits per heavy atom. The van der Waals surface area contributed by atoms with Gasteiger partial charge in [-0.25, -0.2) is 9.97 Å². The molecule has 0 radical (unpaired) electrons. The van der Waals surface area contributed by atoms with Gasteiger partial charge in [0.05, 0.1) is 10.6 Å². The molecule has 3 heterocycles. The molecule has 0 atom stereocenters. The van der Waals surface area contributed by atoms with Crippen LogP contribution in [0.15, 0.2) is 30.5 Å². The lowest BCUT2D eigenvalue weighted by Crippen LogP contribution is -2.49. The lowest BCUT2D eigenvalue weighted by molar-refractivity contribution is -0.137. The zero-order chi connectivity index (χ0) is 18.9. The van der Waals surface area contributed by atoms with Gasteiger partial charge < -0.3 is 9.80 Å². The minimum absolute atomic E-state index is 0.0836. The number of pyridine rings is 2. The van der Waals surface area contributed by atoms with E-state index in [2.05, 4.69) is 9.97 Å². The Labute approximate surface area is 157 Å². The average molecular weight is 405 g/mol. The van der Waals surface area contributed by atoms with Crippen molar-refractivity contribution >= 4 is 34.9 Å². The van der Waals surface area contributed by atoms with Gasteiger partial charge in [0.2, 0.25) is 0 Å². The van der Waals surface area contributed by atoms with Gasteiger partial charge >= 0.3 is 6.18 Å². The Morgan fingerprint density at radius 1 is 1.04 bits per heavy atom. The number of hydrogen-bond donors (Lipinski definition) is 0. The number of amides is 1. The molecule has 2 aromatic heterocycles. The molecule has 10 heteroatoms.